The summed E-state index contributed by atoms with van der Waals surface area (Å²) >= 11 is 7.04. The summed E-state index contributed by atoms with van der Waals surface area (Å²) in [6, 6.07) is 28.2. The fourth-order valence-electron chi connectivity index (χ4n) is 3.22. The zero-order valence-electron chi connectivity index (χ0n) is 13.8. The first-order chi connectivity index (χ1) is 12.1. The molecule has 0 nitrogen and oxygen atoms in total. The minimum Gasteiger partial charge on any atom is -0.0587 e. The van der Waals surface area contributed by atoms with Gasteiger partial charge in [0.15, 0.2) is 0 Å². The molecule has 0 spiro atoms. The number of hydrogen-bond donors (Lipinski definition) is 0. The van der Waals surface area contributed by atoms with Gasteiger partial charge in [0.1, 0.15) is 0 Å². The van der Waals surface area contributed by atoms with Gasteiger partial charge in [-0.15, -0.1) is 0 Å². The van der Waals surface area contributed by atoms with Crippen LogP contribution in [0.2, 0.25) is 0 Å². The molecule has 4 rings (SSSR count). The lowest BCUT2D eigenvalue weighted by Gasteiger charge is -2.13. The first-order valence-electron chi connectivity index (χ1n) is 8.17. The standard InChI is InChI=1S/C23H16Br2/c1-15-2-11-22-20(16-3-7-18(24)8-4-16)12-13-21(23(22)14-15)17-5-9-19(25)10-6-17/h2-14H,1H3. The van der Waals surface area contributed by atoms with Crippen molar-refractivity contribution in [1.29, 1.82) is 0 Å². The van der Waals surface area contributed by atoms with E-state index in [2.05, 4.69) is 118 Å². The number of aryl methyl sites for hydroxylation is 1. The molecule has 0 aliphatic heterocycles. The van der Waals surface area contributed by atoms with Gasteiger partial charge in [-0.3, -0.25) is 0 Å². The van der Waals surface area contributed by atoms with Crippen LogP contribution in [0.25, 0.3) is 33.0 Å². The first-order valence-corrected chi connectivity index (χ1v) is 9.76. The molecule has 4 aromatic carbocycles. The van der Waals surface area contributed by atoms with Crippen LogP contribution in [-0.2, 0) is 0 Å². The highest BCUT2D eigenvalue weighted by molar-refractivity contribution is 9.10. The summed E-state index contributed by atoms with van der Waals surface area (Å²) in [6.07, 6.45) is 0. The van der Waals surface area contributed by atoms with Gasteiger partial charge in [0.25, 0.3) is 0 Å². The lowest BCUT2D eigenvalue weighted by Crippen LogP contribution is -1.87. The van der Waals surface area contributed by atoms with Gasteiger partial charge in [0.05, 0.1) is 0 Å². The Labute approximate surface area is 164 Å². The van der Waals surface area contributed by atoms with Gasteiger partial charge >= 0.3 is 0 Å². The summed E-state index contributed by atoms with van der Waals surface area (Å²) < 4.78 is 2.20. The van der Waals surface area contributed by atoms with Crippen LogP contribution in [-0.4, -0.2) is 0 Å². The predicted molar refractivity (Wildman–Crippen MR) is 115 cm³/mol. The fourth-order valence-corrected chi connectivity index (χ4v) is 3.75. The topological polar surface area (TPSA) is 0 Å². The van der Waals surface area contributed by atoms with Crippen LogP contribution in [0.5, 0.6) is 0 Å². The molecule has 0 saturated carbocycles. The Bertz CT molecular complexity index is 1050. The van der Waals surface area contributed by atoms with Gasteiger partial charge in [-0.2, -0.15) is 0 Å². The second kappa shape index (κ2) is 6.78. The lowest BCUT2D eigenvalue weighted by atomic mass is 9.91. The molecule has 0 radical (unpaired) electrons. The summed E-state index contributed by atoms with van der Waals surface area (Å²) in [4.78, 5) is 0. The minimum atomic E-state index is 1.10. The number of benzene rings is 4. The van der Waals surface area contributed by atoms with Crippen LogP contribution in [0.1, 0.15) is 5.56 Å². The third kappa shape index (κ3) is 3.29. The Morgan fingerprint density at radius 2 is 1.00 bits per heavy atom. The fraction of sp³-hybridized carbons (Fsp3) is 0.0435. The molecule has 0 atom stereocenters. The highest BCUT2D eigenvalue weighted by atomic mass is 79.9. The number of fused-ring (bicyclic) bond motifs is 1. The summed E-state index contributed by atoms with van der Waals surface area (Å²) in [5, 5.41) is 2.58. The largest absolute Gasteiger partial charge is 0.0587 e. The summed E-state index contributed by atoms with van der Waals surface area (Å²) in [5.74, 6) is 0. The van der Waals surface area contributed by atoms with E-state index in [9.17, 15) is 0 Å². The average molecular weight is 452 g/mol. The molecule has 0 unspecified atom stereocenters. The normalized spacial score (nSPS) is 11.0. The van der Waals surface area contributed by atoms with Crippen molar-refractivity contribution in [3.05, 3.63) is 93.4 Å². The monoisotopic (exact) mass is 450 g/mol. The predicted octanol–water partition coefficient (Wildman–Crippen LogP) is 8.01. The Kier molecular flexibility index (Phi) is 4.49. The molecular weight excluding hydrogens is 436 g/mol. The van der Waals surface area contributed by atoms with E-state index in [0.29, 0.717) is 0 Å². The van der Waals surface area contributed by atoms with Crippen molar-refractivity contribution in [1.82, 2.24) is 0 Å². The van der Waals surface area contributed by atoms with Crippen LogP contribution < -0.4 is 0 Å². The zero-order chi connectivity index (χ0) is 17.4. The van der Waals surface area contributed by atoms with Crippen LogP contribution in [0, 0.1) is 6.92 Å². The zero-order valence-corrected chi connectivity index (χ0v) is 16.9. The van der Waals surface area contributed by atoms with Gasteiger partial charge < -0.3 is 0 Å². The third-order valence-corrected chi connectivity index (χ3v) is 5.54. The van der Waals surface area contributed by atoms with E-state index in [0.717, 1.165) is 8.95 Å². The molecule has 0 amide bonds. The Hall–Kier alpha value is -1.90. The van der Waals surface area contributed by atoms with E-state index in [1.807, 2.05) is 0 Å². The molecule has 25 heavy (non-hydrogen) atoms. The van der Waals surface area contributed by atoms with Crippen LogP contribution >= 0.6 is 31.9 Å². The SMILES string of the molecule is Cc1ccc2c(-c3ccc(Br)cc3)ccc(-c3ccc(Br)cc3)c2c1. The van der Waals surface area contributed by atoms with Crippen molar-refractivity contribution in [2.45, 2.75) is 6.92 Å². The van der Waals surface area contributed by atoms with E-state index in [1.54, 1.807) is 0 Å². The van der Waals surface area contributed by atoms with E-state index in [4.69, 9.17) is 0 Å². The van der Waals surface area contributed by atoms with E-state index in [-0.39, 0.29) is 0 Å². The molecular formula is C23H16Br2. The Balaban J connectivity index is 1.98. The molecule has 0 heterocycles. The number of halogens is 2. The van der Waals surface area contributed by atoms with Gasteiger partial charge in [-0.25, -0.2) is 0 Å². The van der Waals surface area contributed by atoms with Gasteiger partial charge in [0, 0.05) is 8.95 Å². The molecule has 0 saturated heterocycles. The van der Waals surface area contributed by atoms with Crippen molar-refractivity contribution >= 4 is 42.6 Å². The van der Waals surface area contributed by atoms with Crippen LogP contribution in [0.15, 0.2) is 87.8 Å². The van der Waals surface area contributed by atoms with Crippen molar-refractivity contribution in [3.8, 4) is 22.3 Å². The molecule has 4 aromatic rings. The van der Waals surface area contributed by atoms with Crippen molar-refractivity contribution in [2.75, 3.05) is 0 Å². The van der Waals surface area contributed by atoms with Gasteiger partial charge in [-0.05, 0) is 64.2 Å². The van der Waals surface area contributed by atoms with Gasteiger partial charge in [-0.1, -0.05) is 92.0 Å². The quantitative estimate of drug-likeness (QED) is 0.289. The van der Waals surface area contributed by atoms with Crippen molar-refractivity contribution in [3.63, 3.8) is 0 Å². The van der Waals surface area contributed by atoms with E-state index >= 15 is 0 Å². The summed E-state index contributed by atoms with van der Waals surface area (Å²) in [6.45, 7) is 2.15. The lowest BCUT2D eigenvalue weighted by molar-refractivity contribution is 1.50. The first kappa shape index (κ1) is 16.6. The number of rotatable bonds is 2. The molecule has 0 aliphatic rings. The third-order valence-electron chi connectivity index (χ3n) is 4.48. The van der Waals surface area contributed by atoms with Crippen LogP contribution in [0.3, 0.4) is 0 Å². The van der Waals surface area contributed by atoms with Crippen molar-refractivity contribution in [2.24, 2.45) is 0 Å². The van der Waals surface area contributed by atoms with E-state index < -0.39 is 0 Å². The second-order valence-electron chi connectivity index (χ2n) is 6.22. The smallest absolute Gasteiger partial charge is 0.0175 e. The highest BCUT2D eigenvalue weighted by Crippen LogP contribution is 2.36. The molecule has 0 N–H and O–H groups in total. The molecule has 122 valence electrons. The summed E-state index contributed by atoms with van der Waals surface area (Å²) in [7, 11) is 0. The molecule has 0 aliphatic carbocycles. The van der Waals surface area contributed by atoms with Crippen molar-refractivity contribution < 1.29 is 0 Å². The van der Waals surface area contributed by atoms with E-state index in [1.165, 1.54) is 38.6 Å². The molecule has 0 bridgehead atoms. The Morgan fingerprint density at radius 3 is 1.52 bits per heavy atom. The second-order valence-corrected chi connectivity index (χ2v) is 8.05. The minimum absolute atomic E-state index is 1.10. The summed E-state index contributed by atoms with van der Waals surface area (Å²) in [5.41, 5.74) is 6.29. The number of hydrogen-bond acceptors (Lipinski definition) is 0. The maximum absolute atomic E-state index is 3.52. The molecule has 2 heteroatoms. The van der Waals surface area contributed by atoms with Crippen LogP contribution in [0.4, 0.5) is 0 Å². The van der Waals surface area contributed by atoms with Gasteiger partial charge in [0.2, 0.25) is 0 Å². The highest BCUT2D eigenvalue weighted by Gasteiger charge is 2.10. The molecule has 0 aromatic heterocycles. The molecule has 0 fully saturated rings. The Morgan fingerprint density at radius 1 is 0.520 bits per heavy atom. The maximum atomic E-state index is 3.52. The maximum Gasteiger partial charge on any atom is 0.0175 e. The average Bonchev–Trinajstić information content (AvgIpc) is 2.62.